The van der Waals surface area contributed by atoms with Crippen molar-refractivity contribution in [2.24, 2.45) is 11.7 Å². The fourth-order valence-electron chi connectivity index (χ4n) is 2.76. The van der Waals surface area contributed by atoms with E-state index in [0.717, 1.165) is 13.0 Å². The van der Waals surface area contributed by atoms with Gasteiger partial charge in [-0.25, -0.2) is 4.79 Å². The predicted octanol–water partition coefficient (Wildman–Crippen LogP) is -2.17. The highest BCUT2D eigenvalue weighted by Crippen LogP contribution is 2.08. The van der Waals surface area contributed by atoms with Gasteiger partial charge >= 0.3 is 5.97 Å². The molecular weight excluding hydrogens is 370 g/mol. The number of hydrogen-bond donors (Lipinski definition) is 6. The minimum absolute atomic E-state index is 0.149. The summed E-state index contributed by atoms with van der Waals surface area (Å²) in [4.78, 5) is 58.4. The Hall–Kier alpha value is -2.69. The van der Waals surface area contributed by atoms with Crippen molar-refractivity contribution < 1.29 is 29.1 Å². The van der Waals surface area contributed by atoms with Crippen LogP contribution in [0.1, 0.15) is 39.5 Å². The predicted molar refractivity (Wildman–Crippen MR) is 98.8 cm³/mol. The molecule has 158 valence electrons. The first-order valence-corrected chi connectivity index (χ1v) is 9.23. The van der Waals surface area contributed by atoms with Crippen molar-refractivity contribution in [1.29, 1.82) is 0 Å². The van der Waals surface area contributed by atoms with Crippen molar-refractivity contribution in [2.75, 3.05) is 13.1 Å². The van der Waals surface area contributed by atoms with Crippen LogP contribution in [0, 0.1) is 5.92 Å². The normalized spacial score (nSPS) is 18.2. The van der Waals surface area contributed by atoms with Gasteiger partial charge in [0.1, 0.15) is 12.1 Å². The number of primary amides is 1. The number of carboxylic acid groups (broad SMARTS) is 1. The van der Waals surface area contributed by atoms with Gasteiger partial charge in [-0.05, 0) is 31.7 Å². The largest absolute Gasteiger partial charge is 0.480 e. The standard InChI is InChI=1S/C17H29N5O6/c1-9(2)14(22-15(25)10-4-3-7-19-10)16(26)20-8-13(24)21-11(17(27)28)5-6-12(18)23/h9-11,14,19H,3-8H2,1-2H3,(H2,18,23)(H,20,26)(H,21,24)(H,22,25)(H,27,28). The number of carboxylic acids is 1. The smallest absolute Gasteiger partial charge is 0.326 e. The molecule has 0 aromatic rings. The van der Waals surface area contributed by atoms with Crippen LogP contribution in [-0.4, -0.2) is 65.9 Å². The monoisotopic (exact) mass is 399 g/mol. The zero-order valence-corrected chi connectivity index (χ0v) is 16.1. The molecule has 1 aliphatic heterocycles. The number of nitrogens with two attached hydrogens (primary N) is 1. The summed E-state index contributed by atoms with van der Waals surface area (Å²) in [5.74, 6) is -3.74. The van der Waals surface area contributed by atoms with Crippen molar-refractivity contribution in [2.45, 2.75) is 57.7 Å². The van der Waals surface area contributed by atoms with Crippen LogP contribution in [0.3, 0.4) is 0 Å². The van der Waals surface area contributed by atoms with Crippen LogP contribution in [0.5, 0.6) is 0 Å². The van der Waals surface area contributed by atoms with Crippen molar-refractivity contribution in [1.82, 2.24) is 21.3 Å². The summed E-state index contributed by atoms with van der Waals surface area (Å²) in [5, 5.41) is 19.4. The Bertz CT molecular complexity index is 603. The van der Waals surface area contributed by atoms with Gasteiger partial charge in [0, 0.05) is 6.42 Å². The SMILES string of the molecule is CC(C)C(NC(=O)C1CCCN1)C(=O)NCC(=O)NC(CCC(N)=O)C(=O)O. The molecule has 1 saturated heterocycles. The van der Waals surface area contributed by atoms with Crippen LogP contribution >= 0.6 is 0 Å². The van der Waals surface area contributed by atoms with E-state index < -0.39 is 42.3 Å². The second-order valence-corrected chi connectivity index (χ2v) is 7.06. The maximum atomic E-state index is 12.4. The molecule has 0 spiro atoms. The summed E-state index contributed by atoms with van der Waals surface area (Å²) in [6.45, 7) is 3.81. The Morgan fingerprint density at radius 3 is 2.36 bits per heavy atom. The van der Waals surface area contributed by atoms with Gasteiger partial charge in [-0.2, -0.15) is 0 Å². The molecule has 0 aromatic heterocycles. The maximum Gasteiger partial charge on any atom is 0.326 e. The number of carbonyl (C=O) groups is 5. The van der Waals surface area contributed by atoms with E-state index in [9.17, 15) is 24.0 Å². The highest BCUT2D eigenvalue weighted by molar-refractivity contribution is 5.92. The average Bonchev–Trinajstić information content (AvgIpc) is 3.15. The van der Waals surface area contributed by atoms with Crippen molar-refractivity contribution in [3.8, 4) is 0 Å². The van der Waals surface area contributed by atoms with Gasteiger partial charge < -0.3 is 32.1 Å². The molecule has 28 heavy (non-hydrogen) atoms. The van der Waals surface area contributed by atoms with Crippen molar-refractivity contribution in [3.05, 3.63) is 0 Å². The highest BCUT2D eigenvalue weighted by atomic mass is 16.4. The summed E-state index contributed by atoms with van der Waals surface area (Å²) in [7, 11) is 0. The Balaban J connectivity index is 2.53. The molecule has 1 heterocycles. The Labute approximate surface area is 163 Å². The lowest BCUT2D eigenvalue weighted by molar-refractivity contribution is -0.142. The molecular formula is C17H29N5O6. The molecule has 3 atom stereocenters. The van der Waals surface area contributed by atoms with Gasteiger partial charge in [0.25, 0.3) is 0 Å². The van der Waals surface area contributed by atoms with Gasteiger partial charge in [-0.3, -0.25) is 19.2 Å². The maximum absolute atomic E-state index is 12.4. The lowest BCUT2D eigenvalue weighted by atomic mass is 10.0. The van der Waals surface area contributed by atoms with E-state index in [0.29, 0.717) is 6.42 Å². The first-order chi connectivity index (χ1) is 13.1. The Kier molecular flexibility index (Phi) is 9.36. The van der Waals surface area contributed by atoms with E-state index >= 15 is 0 Å². The molecule has 0 aromatic carbocycles. The van der Waals surface area contributed by atoms with Gasteiger partial charge in [0.05, 0.1) is 12.6 Å². The number of nitrogens with one attached hydrogen (secondary N) is 4. The van der Waals surface area contributed by atoms with Gasteiger partial charge in [-0.15, -0.1) is 0 Å². The lowest BCUT2D eigenvalue weighted by Gasteiger charge is -2.23. The summed E-state index contributed by atoms with van der Waals surface area (Å²) in [6.07, 6.45) is 1.24. The topological polar surface area (TPSA) is 180 Å². The molecule has 1 aliphatic rings. The Morgan fingerprint density at radius 1 is 1.18 bits per heavy atom. The zero-order valence-electron chi connectivity index (χ0n) is 16.1. The molecule has 0 bridgehead atoms. The summed E-state index contributed by atoms with van der Waals surface area (Å²) in [5.41, 5.74) is 4.98. The van der Waals surface area contributed by atoms with E-state index in [4.69, 9.17) is 10.8 Å². The number of carbonyl (C=O) groups excluding carboxylic acids is 4. The van der Waals surface area contributed by atoms with Gasteiger partial charge in [0.15, 0.2) is 0 Å². The fourth-order valence-corrected chi connectivity index (χ4v) is 2.76. The van der Waals surface area contributed by atoms with Crippen LogP contribution in [-0.2, 0) is 24.0 Å². The van der Waals surface area contributed by atoms with Gasteiger partial charge in [0.2, 0.25) is 23.6 Å². The van der Waals surface area contributed by atoms with Gasteiger partial charge in [-0.1, -0.05) is 13.8 Å². The van der Waals surface area contributed by atoms with E-state index in [1.54, 1.807) is 13.8 Å². The number of rotatable bonds is 11. The first-order valence-electron chi connectivity index (χ1n) is 9.23. The van der Waals surface area contributed by atoms with Crippen LogP contribution in [0.25, 0.3) is 0 Å². The summed E-state index contributed by atoms with van der Waals surface area (Å²) < 4.78 is 0. The number of aliphatic carboxylic acids is 1. The molecule has 0 saturated carbocycles. The third-order valence-electron chi connectivity index (χ3n) is 4.36. The summed E-state index contributed by atoms with van der Waals surface area (Å²) in [6, 6.07) is -2.45. The molecule has 11 nitrogen and oxygen atoms in total. The molecule has 4 amide bonds. The number of hydrogen-bond acceptors (Lipinski definition) is 6. The van der Waals surface area contributed by atoms with Crippen molar-refractivity contribution in [3.63, 3.8) is 0 Å². The quantitative estimate of drug-likeness (QED) is 0.229. The first kappa shape index (κ1) is 23.3. The third-order valence-corrected chi connectivity index (χ3v) is 4.36. The van der Waals surface area contributed by atoms with Crippen LogP contribution in [0.2, 0.25) is 0 Å². The van der Waals surface area contributed by atoms with Crippen molar-refractivity contribution >= 4 is 29.6 Å². The highest BCUT2D eigenvalue weighted by Gasteiger charge is 2.29. The third kappa shape index (κ3) is 7.91. The van der Waals surface area contributed by atoms with Crippen LogP contribution in [0.4, 0.5) is 0 Å². The Morgan fingerprint density at radius 2 is 1.86 bits per heavy atom. The lowest BCUT2D eigenvalue weighted by Crippen LogP contribution is -2.55. The molecule has 7 N–H and O–H groups in total. The molecule has 11 heteroatoms. The fraction of sp³-hybridized carbons (Fsp3) is 0.706. The van der Waals surface area contributed by atoms with Crippen LogP contribution in [0.15, 0.2) is 0 Å². The molecule has 0 radical (unpaired) electrons. The minimum Gasteiger partial charge on any atom is -0.480 e. The molecule has 1 rings (SSSR count). The molecule has 3 unspecified atom stereocenters. The second kappa shape index (κ2) is 11.2. The van der Waals surface area contributed by atoms with E-state index in [1.165, 1.54) is 0 Å². The van der Waals surface area contributed by atoms with Crippen LogP contribution < -0.4 is 27.0 Å². The zero-order chi connectivity index (χ0) is 21.3. The molecule has 0 aliphatic carbocycles. The van der Waals surface area contributed by atoms with E-state index in [1.807, 2.05) is 0 Å². The summed E-state index contributed by atoms with van der Waals surface area (Å²) >= 11 is 0. The van der Waals surface area contributed by atoms with E-state index in [2.05, 4.69) is 21.3 Å². The van der Waals surface area contributed by atoms with E-state index in [-0.39, 0.29) is 30.7 Å². The molecule has 1 fully saturated rings. The second-order valence-electron chi connectivity index (χ2n) is 7.06. The number of amides is 4. The minimum atomic E-state index is -1.31. The average molecular weight is 399 g/mol.